The fourth-order valence-electron chi connectivity index (χ4n) is 4.04. The second-order valence-corrected chi connectivity index (χ2v) is 7.11. The number of hydrogen-bond donors (Lipinski definition) is 3. The molecule has 0 radical (unpaired) electrons. The van der Waals surface area contributed by atoms with Crippen LogP contribution in [0.2, 0.25) is 0 Å². The molecule has 7 heteroatoms. The number of hydrogen-bond acceptors (Lipinski definition) is 4. The number of amides is 2. The standard InChI is InChI=1S/C18H22FN3O3/c1-8-10-3-9(17(23)22-15-12-6-21-7-13(12)15)4-11(18(24)20-2)16(10)25-14(8)5-19/h3-4,8,12-15,21H,5-7H2,1-2H3,(H,20,24)(H,22,23)/t8-,12-,13+,14+,15?/m0/s1. The van der Waals surface area contributed by atoms with Crippen molar-refractivity contribution in [2.75, 3.05) is 26.8 Å². The quantitative estimate of drug-likeness (QED) is 0.754. The third kappa shape index (κ3) is 2.57. The van der Waals surface area contributed by atoms with Crippen LogP contribution in [-0.2, 0) is 0 Å². The lowest BCUT2D eigenvalue weighted by Gasteiger charge is -2.12. The van der Waals surface area contributed by atoms with Crippen molar-refractivity contribution in [3.05, 3.63) is 28.8 Å². The Morgan fingerprint density at radius 2 is 2.00 bits per heavy atom. The second-order valence-electron chi connectivity index (χ2n) is 7.11. The van der Waals surface area contributed by atoms with Gasteiger partial charge in [-0.1, -0.05) is 6.92 Å². The number of benzene rings is 1. The number of fused-ring (bicyclic) bond motifs is 2. The molecule has 1 aromatic carbocycles. The Hall–Kier alpha value is -2.15. The summed E-state index contributed by atoms with van der Waals surface area (Å²) < 4.78 is 18.8. The van der Waals surface area contributed by atoms with Crippen LogP contribution in [0.5, 0.6) is 5.75 Å². The van der Waals surface area contributed by atoms with Gasteiger partial charge in [0, 0.05) is 43.2 Å². The van der Waals surface area contributed by atoms with E-state index in [1.807, 2.05) is 6.92 Å². The van der Waals surface area contributed by atoms with Crippen molar-refractivity contribution in [3.8, 4) is 5.75 Å². The largest absolute Gasteiger partial charge is 0.486 e. The van der Waals surface area contributed by atoms with E-state index >= 15 is 0 Å². The molecule has 2 amide bonds. The minimum absolute atomic E-state index is 0.191. The zero-order valence-corrected chi connectivity index (χ0v) is 14.3. The molecule has 2 aliphatic heterocycles. The summed E-state index contributed by atoms with van der Waals surface area (Å²) in [6.07, 6.45) is -0.620. The van der Waals surface area contributed by atoms with Gasteiger partial charge in [0.25, 0.3) is 11.8 Å². The summed E-state index contributed by atoms with van der Waals surface area (Å²) in [5.41, 5.74) is 1.42. The molecule has 3 aliphatic rings. The molecule has 0 bridgehead atoms. The fraction of sp³-hybridized carbons (Fsp3) is 0.556. The van der Waals surface area contributed by atoms with Gasteiger partial charge in [-0.15, -0.1) is 0 Å². The number of piperidine rings is 1. The SMILES string of the molecule is CNC(=O)c1cc(C(=O)NC2[C@H]3CNC[C@@H]23)cc2c1O[C@H](CF)[C@H]2C. The van der Waals surface area contributed by atoms with Crippen molar-refractivity contribution < 1.29 is 18.7 Å². The summed E-state index contributed by atoms with van der Waals surface area (Å²) >= 11 is 0. The third-order valence-electron chi connectivity index (χ3n) is 5.71. The molecule has 1 saturated heterocycles. The molecule has 4 rings (SSSR count). The van der Waals surface area contributed by atoms with Crippen LogP contribution in [-0.4, -0.2) is 50.8 Å². The molecule has 0 spiro atoms. The number of carbonyl (C=O) groups excluding carboxylic acids is 2. The molecule has 5 atom stereocenters. The molecule has 2 fully saturated rings. The van der Waals surface area contributed by atoms with E-state index in [4.69, 9.17) is 4.74 Å². The van der Waals surface area contributed by atoms with Crippen LogP contribution >= 0.6 is 0 Å². The molecule has 25 heavy (non-hydrogen) atoms. The summed E-state index contributed by atoms with van der Waals surface area (Å²) in [5.74, 6) is 0.664. The Bertz CT molecular complexity index is 729. The number of nitrogens with one attached hydrogen (secondary N) is 3. The lowest BCUT2D eigenvalue weighted by Crippen LogP contribution is -2.32. The number of rotatable bonds is 4. The van der Waals surface area contributed by atoms with Crippen LogP contribution in [0.1, 0.15) is 39.1 Å². The Morgan fingerprint density at radius 3 is 2.64 bits per heavy atom. The maximum absolute atomic E-state index is 13.2. The van der Waals surface area contributed by atoms with Gasteiger partial charge >= 0.3 is 0 Å². The van der Waals surface area contributed by atoms with Crippen molar-refractivity contribution in [1.82, 2.24) is 16.0 Å². The van der Waals surface area contributed by atoms with E-state index in [-0.39, 0.29) is 29.3 Å². The highest BCUT2D eigenvalue weighted by molar-refractivity contribution is 6.02. The van der Waals surface area contributed by atoms with Crippen LogP contribution in [0, 0.1) is 11.8 Å². The summed E-state index contributed by atoms with van der Waals surface area (Å²) in [6.45, 7) is 3.09. The predicted octanol–water partition coefficient (Wildman–Crippen LogP) is 0.828. The van der Waals surface area contributed by atoms with E-state index in [1.165, 1.54) is 13.1 Å². The first-order chi connectivity index (χ1) is 12.0. The lowest BCUT2D eigenvalue weighted by atomic mass is 9.94. The van der Waals surface area contributed by atoms with Gasteiger partial charge in [0.2, 0.25) is 0 Å². The number of alkyl halides is 1. The van der Waals surface area contributed by atoms with Crippen molar-refractivity contribution in [2.24, 2.45) is 11.8 Å². The minimum atomic E-state index is -0.636. The minimum Gasteiger partial charge on any atom is -0.486 e. The van der Waals surface area contributed by atoms with Crippen molar-refractivity contribution >= 4 is 11.8 Å². The van der Waals surface area contributed by atoms with Crippen molar-refractivity contribution in [1.29, 1.82) is 0 Å². The van der Waals surface area contributed by atoms with E-state index < -0.39 is 12.8 Å². The molecule has 1 unspecified atom stereocenters. The Balaban J connectivity index is 1.63. The summed E-state index contributed by atoms with van der Waals surface area (Å²) in [6, 6.07) is 3.47. The van der Waals surface area contributed by atoms with Crippen LogP contribution < -0.4 is 20.7 Å². The van der Waals surface area contributed by atoms with Gasteiger partial charge in [-0.05, 0) is 24.0 Å². The van der Waals surface area contributed by atoms with Crippen molar-refractivity contribution in [2.45, 2.75) is 25.0 Å². The number of halogens is 1. The van der Waals surface area contributed by atoms with E-state index in [1.54, 1.807) is 6.07 Å². The zero-order valence-electron chi connectivity index (χ0n) is 14.3. The average Bonchev–Trinajstić information content (AvgIpc) is 2.98. The monoisotopic (exact) mass is 347 g/mol. The summed E-state index contributed by atoms with van der Waals surface area (Å²) in [7, 11) is 1.52. The maximum Gasteiger partial charge on any atom is 0.254 e. The second kappa shape index (κ2) is 5.98. The first kappa shape index (κ1) is 16.3. The molecular formula is C18H22FN3O3. The molecule has 1 aliphatic carbocycles. The molecule has 1 aromatic rings. The highest BCUT2D eigenvalue weighted by Gasteiger charge is 2.53. The predicted molar refractivity (Wildman–Crippen MR) is 89.7 cm³/mol. The highest BCUT2D eigenvalue weighted by atomic mass is 19.1. The van der Waals surface area contributed by atoms with Gasteiger partial charge in [0.05, 0.1) is 5.56 Å². The summed E-state index contributed by atoms with van der Waals surface area (Å²) in [5, 5.41) is 8.91. The van der Waals surface area contributed by atoms with Gasteiger partial charge < -0.3 is 20.7 Å². The number of ether oxygens (including phenoxy) is 1. The molecular weight excluding hydrogens is 325 g/mol. The fourth-order valence-corrected chi connectivity index (χ4v) is 4.04. The van der Waals surface area contributed by atoms with Gasteiger partial charge in [-0.25, -0.2) is 4.39 Å². The molecule has 0 aromatic heterocycles. The number of carbonyl (C=O) groups is 2. The smallest absolute Gasteiger partial charge is 0.254 e. The molecule has 6 nitrogen and oxygen atoms in total. The van der Waals surface area contributed by atoms with E-state index in [0.29, 0.717) is 28.7 Å². The van der Waals surface area contributed by atoms with Gasteiger partial charge in [0.1, 0.15) is 18.5 Å². The van der Waals surface area contributed by atoms with Crippen molar-refractivity contribution in [3.63, 3.8) is 0 Å². The Labute approximate surface area is 145 Å². The van der Waals surface area contributed by atoms with Gasteiger partial charge in [-0.3, -0.25) is 9.59 Å². The summed E-state index contributed by atoms with van der Waals surface area (Å²) in [4.78, 5) is 24.9. The lowest BCUT2D eigenvalue weighted by molar-refractivity contribution is 0.0946. The third-order valence-corrected chi connectivity index (χ3v) is 5.71. The average molecular weight is 347 g/mol. The Morgan fingerprint density at radius 1 is 1.28 bits per heavy atom. The molecule has 3 N–H and O–H groups in total. The van der Waals surface area contributed by atoms with Crippen LogP contribution in [0.25, 0.3) is 0 Å². The topological polar surface area (TPSA) is 79.5 Å². The van der Waals surface area contributed by atoms with Crippen LogP contribution in [0.15, 0.2) is 12.1 Å². The first-order valence-electron chi connectivity index (χ1n) is 8.69. The Kier molecular flexibility index (Phi) is 3.91. The maximum atomic E-state index is 13.2. The van der Waals surface area contributed by atoms with E-state index in [9.17, 15) is 14.0 Å². The van der Waals surface area contributed by atoms with E-state index in [0.717, 1.165) is 13.1 Å². The normalized spacial score (nSPS) is 31.7. The van der Waals surface area contributed by atoms with Crippen LogP contribution in [0.4, 0.5) is 4.39 Å². The van der Waals surface area contributed by atoms with Crippen LogP contribution in [0.3, 0.4) is 0 Å². The van der Waals surface area contributed by atoms with Gasteiger partial charge in [-0.2, -0.15) is 0 Å². The highest BCUT2D eigenvalue weighted by Crippen LogP contribution is 2.43. The zero-order chi connectivity index (χ0) is 17.7. The molecule has 134 valence electrons. The first-order valence-corrected chi connectivity index (χ1v) is 8.69. The molecule has 2 heterocycles. The van der Waals surface area contributed by atoms with Gasteiger partial charge in [0.15, 0.2) is 0 Å². The van der Waals surface area contributed by atoms with E-state index in [2.05, 4.69) is 16.0 Å². The molecule has 1 saturated carbocycles.